The maximum absolute atomic E-state index is 10.8. The largest absolute Gasteiger partial charge is 0.465 e. The Kier molecular flexibility index (Phi) is 7.97. The van der Waals surface area contributed by atoms with Gasteiger partial charge in [-0.1, -0.05) is 18.2 Å². The number of carbonyl (C=O) groups is 1. The Bertz CT molecular complexity index is 472. The molecule has 3 N–H and O–H groups in total. The minimum atomic E-state index is -3.00. The van der Waals surface area contributed by atoms with E-state index in [0.29, 0.717) is 11.5 Å². The van der Waals surface area contributed by atoms with E-state index in [9.17, 15) is 13.2 Å². The first-order valence-electron chi connectivity index (χ1n) is 5.61. The summed E-state index contributed by atoms with van der Waals surface area (Å²) >= 11 is 0. The van der Waals surface area contributed by atoms with Gasteiger partial charge in [-0.15, -0.1) is 0 Å². The summed E-state index contributed by atoms with van der Waals surface area (Å²) < 4.78 is 26.1. The highest BCUT2D eigenvalue weighted by Crippen LogP contribution is 2.05. The number of rotatable bonds is 4. The molecular formula is C12H19NO5S. The molecule has 0 fully saturated rings. The van der Waals surface area contributed by atoms with Crippen LogP contribution in [-0.2, 0) is 19.4 Å². The number of hydrogen-bond donors (Lipinski definition) is 2. The molecule has 1 atom stereocenters. The maximum atomic E-state index is 10.8. The molecule has 0 saturated heterocycles. The van der Waals surface area contributed by atoms with Crippen LogP contribution in [0.5, 0.6) is 0 Å². The number of esters is 1. The molecule has 0 saturated carbocycles. The first-order chi connectivity index (χ1) is 8.82. The fourth-order valence-corrected chi connectivity index (χ4v) is 1.64. The molecule has 0 aliphatic heterocycles. The van der Waals surface area contributed by atoms with E-state index in [-0.39, 0.29) is 6.61 Å². The van der Waals surface area contributed by atoms with Gasteiger partial charge >= 0.3 is 5.97 Å². The minimum Gasteiger partial charge on any atom is -0.465 e. The van der Waals surface area contributed by atoms with Gasteiger partial charge < -0.3 is 15.6 Å². The van der Waals surface area contributed by atoms with Crippen LogP contribution < -0.4 is 5.73 Å². The molecule has 6 nitrogen and oxygen atoms in total. The van der Waals surface area contributed by atoms with Crippen molar-refractivity contribution in [2.24, 2.45) is 5.73 Å². The molecule has 19 heavy (non-hydrogen) atoms. The predicted octanol–water partition coefficient (Wildman–Crippen LogP) is -0.0408. The van der Waals surface area contributed by atoms with E-state index < -0.39 is 21.8 Å². The van der Waals surface area contributed by atoms with Crippen molar-refractivity contribution in [1.29, 1.82) is 0 Å². The lowest BCUT2D eigenvalue weighted by molar-refractivity contribution is -0.145. The Hall–Kier alpha value is -1.44. The van der Waals surface area contributed by atoms with Gasteiger partial charge in [-0.3, -0.25) is 4.79 Å². The van der Waals surface area contributed by atoms with E-state index in [4.69, 9.17) is 10.8 Å². The van der Waals surface area contributed by atoms with Crippen LogP contribution in [-0.4, -0.2) is 45.0 Å². The van der Waals surface area contributed by atoms with E-state index in [0.717, 1.165) is 0 Å². The van der Waals surface area contributed by atoms with Crippen LogP contribution in [0.15, 0.2) is 35.2 Å². The van der Waals surface area contributed by atoms with Crippen LogP contribution in [0.4, 0.5) is 0 Å². The maximum Gasteiger partial charge on any atom is 0.325 e. The van der Waals surface area contributed by atoms with Crippen molar-refractivity contribution in [3.63, 3.8) is 0 Å². The summed E-state index contributed by atoms with van der Waals surface area (Å²) in [5.41, 5.74) is 5.08. The predicted molar refractivity (Wildman–Crippen MR) is 71.2 cm³/mol. The van der Waals surface area contributed by atoms with Gasteiger partial charge in [0.15, 0.2) is 9.84 Å². The van der Waals surface area contributed by atoms with Gasteiger partial charge in [0, 0.05) is 6.26 Å². The fourth-order valence-electron chi connectivity index (χ4n) is 0.992. The zero-order valence-electron chi connectivity index (χ0n) is 10.9. The van der Waals surface area contributed by atoms with Crippen LogP contribution in [0.1, 0.15) is 6.92 Å². The van der Waals surface area contributed by atoms with Crippen LogP contribution in [0, 0.1) is 0 Å². The van der Waals surface area contributed by atoms with E-state index >= 15 is 0 Å². The second-order valence-electron chi connectivity index (χ2n) is 3.63. The Morgan fingerprint density at radius 2 is 1.89 bits per heavy atom. The van der Waals surface area contributed by atoms with Gasteiger partial charge in [0.1, 0.15) is 6.04 Å². The number of carbonyl (C=O) groups excluding carboxylic acids is 1. The van der Waals surface area contributed by atoms with Gasteiger partial charge in [-0.2, -0.15) is 0 Å². The summed E-state index contributed by atoms with van der Waals surface area (Å²) in [6.07, 6.45) is 1.20. The molecule has 108 valence electrons. The molecule has 0 aromatic heterocycles. The number of aliphatic hydroxyl groups is 1. The number of aliphatic hydroxyl groups excluding tert-OH is 1. The summed E-state index contributed by atoms with van der Waals surface area (Å²) in [6.45, 7) is 1.62. The number of nitrogens with two attached hydrogens (primary N) is 1. The van der Waals surface area contributed by atoms with Crippen LogP contribution >= 0.6 is 0 Å². The fraction of sp³-hybridized carbons (Fsp3) is 0.417. The second-order valence-corrected chi connectivity index (χ2v) is 5.64. The van der Waals surface area contributed by atoms with Crippen molar-refractivity contribution in [2.75, 3.05) is 19.5 Å². The van der Waals surface area contributed by atoms with Gasteiger partial charge in [-0.05, 0) is 19.1 Å². The average Bonchev–Trinajstić information content (AvgIpc) is 2.39. The van der Waals surface area contributed by atoms with Crippen LogP contribution in [0.2, 0.25) is 0 Å². The molecule has 0 aliphatic rings. The Morgan fingerprint density at radius 3 is 2.21 bits per heavy atom. The van der Waals surface area contributed by atoms with Gasteiger partial charge in [0.25, 0.3) is 0 Å². The number of hydrogen-bond acceptors (Lipinski definition) is 6. The molecule has 0 heterocycles. The number of benzene rings is 1. The summed E-state index contributed by atoms with van der Waals surface area (Å²) in [5, 5.41) is 8.31. The highest BCUT2D eigenvalue weighted by atomic mass is 32.2. The quantitative estimate of drug-likeness (QED) is 0.753. The SMILES string of the molecule is CCOC(=O)[C@@H](N)CO.CS(=O)(=O)c1ccccc1. The summed E-state index contributed by atoms with van der Waals surface area (Å²) in [5.74, 6) is -0.556. The standard InChI is InChI=1S/C7H8O2S.C5H11NO3/c1-10(8,9)7-5-3-2-4-6-7;1-2-9-5(8)4(6)3-7/h2-6H,1H3;4,7H,2-3,6H2,1H3/t;4-/m.0/s1. The molecule has 1 aromatic carbocycles. The lowest BCUT2D eigenvalue weighted by Crippen LogP contribution is -2.35. The molecule has 0 unspecified atom stereocenters. The molecule has 0 aliphatic carbocycles. The summed E-state index contributed by atoms with van der Waals surface area (Å²) in [6, 6.07) is 7.47. The average molecular weight is 289 g/mol. The second kappa shape index (κ2) is 8.63. The van der Waals surface area contributed by atoms with E-state index in [1.54, 1.807) is 37.3 Å². The van der Waals surface area contributed by atoms with Crippen molar-refractivity contribution in [2.45, 2.75) is 17.9 Å². The van der Waals surface area contributed by atoms with Gasteiger partial charge in [0.2, 0.25) is 0 Å². The van der Waals surface area contributed by atoms with E-state index in [1.165, 1.54) is 6.26 Å². The Morgan fingerprint density at radius 1 is 1.37 bits per heavy atom. The van der Waals surface area contributed by atoms with Crippen molar-refractivity contribution < 1.29 is 23.1 Å². The lowest BCUT2D eigenvalue weighted by atomic mass is 10.3. The number of sulfone groups is 1. The molecular weight excluding hydrogens is 270 g/mol. The third-order valence-corrected chi connectivity index (χ3v) is 3.09. The smallest absolute Gasteiger partial charge is 0.325 e. The summed E-state index contributed by atoms with van der Waals surface area (Å²) in [4.78, 5) is 10.8. The topological polar surface area (TPSA) is 107 Å². The minimum absolute atomic E-state index is 0.298. The van der Waals surface area contributed by atoms with Gasteiger partial charge in [0.05, 0.1) is 18.1 Å². The monoisotopic (exact) mass is 289 g/mol. The Balaban J connectivity index is 0.000000344. The first kappa shape index (κ1) is 17.6. The molecule has 1 rings (SSSR count). The van der Waals surface area contributed by atoms with E-state index in [2.05, 4.69) is 4.74 Å². The zero-order chi connectivity index (χ0) is 14.9. The number of ether oxygens (including phenoxy) is 1. The Labute approximate surface area is 113 Å². The third kappa shape index (κ3) is 7.55. The molecule has 0 bridgehead atoms. The summed E-state index contributed by atoms with van der Waals surface area (Å²) in [7, 11) is -3.00. The molecule has 0 radical (unpaired) electrons. The highest BCUT2D eigenvalue weighted by molar-refractivity contribution is 7.90. The van der Waals surface area contributed by atoms with Crippen LogP contribution in [0.3, 0.4) is 0 Å². The van der Waals surface area contributed by atoms with Crippen LogP contribution in [0.25, 0.3) is 0 Å². The van der Waals surface area contributed by atoms with Gasteiger partial charge in [-0.25, -0.2) is 8.42 Å². The zero-order valence-corrected chi connectivity index (χ0v) is 11.8. The van der Waals surface area contributed by atoms with Crippen molar-refractivity contribution in [1.82, 2.24) is 0 Å². The van der Waals surface area contributed by atoms with Crippen molar-refractivity contribution >= 4 is 15.8 Å². The molecule has 0 spiro atoms. The lowest BCUT2D eigenvalue weighted by Gasteiger charge is -2.05. The van der Waals surface area contributed by atoms with Crippen molar-refractivity contribution in [3.05, 3.63) is 30.3 Å². The third-order valence-electron chi connectivity index (χ3n) is 1.96. The highest BCUT2D eigenvalue weighted by Gasteiger charge is 2.11. The first-order valence-corrected chi connectivity index (χ1v) is 7.50. The molecule has 1 aromatic rings. The van der Waals surface area contributed by atoms with Crippen molar-refractivity contribution in [3.8, 4) is 0 Å². The normalized spacial score (nSPS) is 12.0. The molecule has 7 heteroatoms. The van der Waals surface area contributed by atoms with E-state index in [1.807, 2.05) is 0 Å². The molecule has 0 amide bonds.